The molecule has 0 spiro atoms. The number of nitrogens with zero attached hydrogens (tertiary/aromatic N) is 3. The second kappa shape index (κ2) is 3.05. The summed E-state index contributed by atoms with van der Waals surface area (Å²) in [5.74, 6) is 0. The quantitative estimate of drug-likeness (QED) is 0.511. The number of isocyanates is 1. The molecule has 13 heavy (non-hydrogen) atoms. The third kappa shape index (κ3) is 1.47. The van der Waals surface area contributed by atoms with Crippen molar-refractivity contribution in [3.8, 4) is 0 Å². The molecule has 0 aliphatic carbocycles. The molecule has 0 aliphatic heterocycles. The standard InChI is InChI=1S/C8H5N3OS/c1-5-11-7-2-6(10-4-12)3-9-8(7)13-5/h2-3H,1H3. The van der Waals surface area contributed by atoms with Crippen molar-refractivity contribution in [1.82, 2.24) is 9.97 Å². The summed E-state index contributed by atoms with van der Waals surface area (Å²) in [6, 6.07) is 1.72. The van der Waals surface area contributed by atoms with Crippen LogP contribution in [0.3, 0.4) is 0 Å². The Morgan fingerprint density at radius 3 is 3.23 bits per heavy atom. The fraction of sp³-hybridized carbons (Fsp3) is 0.125. The lowest BCUT2D eigenvalue weighted by atomic mass is 10.4. The van der Waals surface area contributed by atoms with Gasteiger partial charge < -0.3 is 0 Å². The molecule has 0 amide bonds. The third-order valence-electron chi connectivity index (χ3n) is 1.51. The van der Waals surface area contributed by atoms with Gasteiger partial charge in [-0.25, -0.2) is 14.8 Å². The fourth-order valence-electron chi connectivity index (χ4n) is 1.03. The molecule has 64 valence electrons. The number of rotatable bonds is 1. The molecule has 0 unspecified atom stereocenters. The highest BCUT2D eigenvalue weighted by atomic mass is 32.1. The molecule has 0 fully saturated rings. The fourth-order valence-corrected chi connectivity index (χ4v) is 1.77. The number of carbonyl (C=O) groups excluding carboxylic acids is 1. The van der Waals surface area contributed by atoms with Gasteiger partial charge in [-0.2, -0.15) is 4.99 Å². The van der Waals surface area contributed by atoms with Crippen LogP contribution in [0.5, 0.6) is 0 Å². The molecule has 0 saturated heterocycles. The molecule has 0 radical (unpaired) electrons. The van der Waals surface area contributed by atoms with Crippen molar-refractivity contribution in [1.29, 1.82) is 0 Å². The Kier molecular flexibility index (Phi) is 1.88. The number of fused-ring (bicyclic) bond motifs is 1. The lowest BCUT2D eigenvalue weighted by molar-refractivity contribution is 0.565. The molecule has 2 aromatic heterocycles. The van der Waals surface area contributed by atoms with Crippen molar-refractivity contribution in [2.75, 3.05) is 0 Å². The molecule has 0 saturated carbocycles. The SMILES string of the molecule is Cc1nc2cc(N=C=O)cnc2s1. The monoisotopic (exact) mass is 191 g/mol. The zero-order chi connectivity index (χ0) is 9.26. The van der Waals surface area contributed by atoms with E-state index in [0.717, 1.165) is 15.4 Å². The smallest absolute Gasteiger partial charge is 0.240 e. The predicted molar refractivity (Wildman–Crippen MR) is 49.9 cm³/mol. The number of aromatic nitrogens is 2. The van der Waals surface area contributed by atoms with Gasteiger partial charge in [-0.3, -0.25) is 0 Å². The molecule has 0 aliphatic rings. The van der Waals surface area contributed by atoms with Crippen LogP contribution in [0.4, 0.5) is 5.69 Å². The van der Waals surface area contributed by atoms with Crippen molar-refractivity contribution in [3.63, 3.8) is 0 Å². The van der Waals surface area contributed by atoms with Gasteiger partial charge in [0.05, 0.1) is 16.9 Å². The first-order valence-electron chi connectivity index (χ1n) is 3.60. The average Bonchev–Trinajstić information content (AvgIpc) is 2.44. The van der Waals surface area contributed by atoms with E-state index in [2.05, 4.69) is 15.0 Å². The lowest BCUT2D eigenvalue weighted by Crippen LogP contribution is -1.73. The third-order valence-corrected chi connectivity index (χ3v) is 2.41. The minimum absolute atomic E-state index is 0.493. The number of thiazole rings is 1. The van der Waals surface area contributed by atoms with Gasteiger partial charge in [0.2, 0.25) is 6.08 Å². The molecule has 4 nitrogen and oxygen atoms in total. The van der Waals surface area contributed by atoms with Crippen LogP contribution >= 0.6 is 11.3 Å². The molecular weight excluding hydrogens is 186 g/mol. The first-order chi connectivity index (χ1) is 6.29. The number of aryl methyl sites for hydroxylation is 1. The van der Waals surface area contributed by atoms with Crippen LogP contribution in [-0.4, -0.2) is 16.0 Å². The van der Waals surface area contributed by atoms with Gasteiger partial charge in [0, 0.05) is 0 Å². The Labute approximate surface area is 78.0 Å². The molecule has 0 aromatic carbocycles. The highest BCUT2D eigenvalue weighted by Gasteiger charge is 2.01. The summed E-state index contributed by atoms with van der Waals surface area (Å²) >= 11 is 1.52. The molecule has 2 rings (SSSR count). The van der Waals surface area contributed by atoms with E-state index in [1.54, 1.807) is 6.07 Å². The number of hydrogen-bond acceptors (Lipinski definition) is 5. The Balaban J connectivity index is 2.67. The van der Waals surface area contributed by atoms with E-state index in [0.29, 0.717) is 5.69 Å². The highest BCUT2D eigenvalue weighted by molar-refractivity contribution is 7.18. The van der Waals surface area contributed by atoms with E-state index in [1.807, 2.05) is 6.92 Å². The van der Waals surface area contributed by atoms with Gasteiger partial charge >= 0.3 is 0 Å². The summed E-state index contributed by atoms with van der Waals surface area (Å²) in [6.07, 6.45) is 3.00. The van der Waals surface area contributed by atoms with Crippen LogP contribution in [0.25, 0.3) is 10.3 Å². The van der Waals surface area contributed by atoms with Gasteiger partial charge in [0.1, 0.15) is 10.3 Å². The molecule has 2 heterocycles. The summed E-state index contributed by atoms with van der Waals surface area (Å²) in [5.41, 5.74) is 1.27. The van der Waals surface area contributed by atoms with Crippen molar-refractivity contribution in [2.24, 2.45) is 4.99 Å². The summed E-state index contributed by atoms with van der Waals surface area (Å²) in [5, 5.41) is 0.953. The van der Waals surface area contributed by atoms with E-state index in [1.165, 1.54) is 23.6 Å². The van der Waals surface area contributed by atoms with E-state index in [-0.39, 0.29) is 0 Å². The molecule has 2 aromatic rings. The van der Waals surface area contributed by atoms with Gasteiger partial charge in [-0.15, -0.1) is 0 Å². The Morgan fingerprint density at radius 1 is 1.62 bits per heavy atom. The Hall–Kier alpha value is -1.58. The highest BCUT2D eigenvalue weighted by Crippen LogP contribution is 2.22. The number of hydrogen-bond donors (Lipinski definition) is 0. The van der Waals surface area contributed by atoms with Crippen molar-refractivity contribution >= 4 is 33.5 Å². The van der Waals surface area contributed by atoms with Gasteiger partial charge in [0.25, 0.3) is 0 Å². The van der Waals surface area contributed by atoms with E-state index < -0.39 is 0 Å². The maximum atomic E-state index is 9.98. The summed E-state index contributed by atoms with van der Waals surface area (Å²) in [6.45, 7) is 1.91. The largest absolute Gasteiger partial charge is 0.241 e. The zero-order valence-electron chi connectivity index (χ0n) is 6.81. The minimum atomic E-state index is 0.493. The average molecular weight is 191 g/mol. The van der Waals surface area contributed by atoms with Crippen LogP contribution in [-0.2, 0) is 4.79 Å². The molecular formula is C8H5N3OS. The van der Waals surface area contributed by atoms with Crippen LogP contribution in [0.2, 0.25) is 0 Å². The number of aliphatic imine (C=N–C) groups is 1. The topological polar surface area (TPSA) is 55.2 Å². The Bertz CT molecular complexity index is 499. The van der Waals surface area contributed by atoms with E-state index in [9.17, 15) is 4.79 Å². The van der Waals surface area contributed by atoms with Crippen molar-refractivity contribution < 1.29 is 4.79 Å². The minimum Gasteiger partial charge on any atom is -0.241 e. The van der Waals surface area contributed by atoms with Gasteiger partial charge in [-0.05, 0) is 13.0 Å². The van der Waals surface area contributed by atoms with Crippen molar-refractivity contribution in [3.05, 3.63) is 17.3 Å². The second-order valence-electron chi connectivity index (χ2n) is 2.45. The predicted octanol–water partition coefficient (Wildman–Crippen LogP) is 1.97. The molecule has 5 heteroatoms. The molecule has 0 N–H and O–H groups in total. The van der Waals surface area contributed by atoms with Gasteiger partial charge in [0.15, 0.2) is 0 Å². The van der Waals surface area contributed by atoms with E-state index >= 15 is 0 Å². The molecule has 0 bridgehead atoms. The van der Waals surface area contributed by atoms with Gasteiger partial charge in [-0.1, -0.05) is 11.3 Å². The Morgan fingerprint density at radius 2 is 2.46 bits per heavy atom. The second-order valence-corrected chi connectivity index (χ2v) is 3.64. The lowest BCUT2D eigenvalue weighted by Gasteiger charge is -1.87. The van der Waals surface area contributed by atoms with E-state index in [4.69, 9.17) is 0 Å². The summed E-state index contributed by atoms with van der Waals surface area (Å²) < 4.78 is 0. The summed E-state index contributed by atoms with van der Waals surface area (Å²) in [7, 11) is 0. The maximum absolute atomic E-state index is 9.98. The van der Waals surface area contributed by atoms with Crippen LogP contribution in [0.15, 0.2) is 17.3 Å². The van der Waals surface area contributed by atoms with Crippen LogP contribution in [0, 0.1) is 6.92 Å². The first kappa shape index (κ1) is 8.04. The van der Waals surface area contributed by atoms with Crippen LogP contribution < -0.4 is 0 Å². The zero-order valence-corrected chi connectivity index (χ0v) is 7.63. The van der Waals surface area contributed by atoms with Crippen molar-refractivity contribution in [2.45, 2.75) is 6.92 Å². The normalized spacial score (nSPS) is 9.92. The summed E-state index contributed by atoms with van der Waals surface area (Å²) in [4.78, 5) is 22.6. The molecule has 0 atom stereocenters. The first-order valence-corrected chi connectivity index (χ1v) is 4.42. The van der Waals surface area contributed by atoms with Crippen LogP contribution in [0.1, 0.15) is 5.01 Å². The number of pyridine rings is 1. The maximum Gasteiger partial charge on any atom is 0.240 e.